The van der Waals surface area contributed by atoms with E-state index in [0.29, 0.717) is 5.13 Å². The fourth-order valence-corrected chi connectivity index (χ4v) is 3.54. The molecule has 0 spiro atoms. The van der Waals surface area contributed by atoms with E-state index in [2.05, 4.69) is 27.8 Å². The van der Waals surface area contributed by atoms with Crippen LogP contribution in [0.25, 0.3) is 0 Å². The highest BCUT2D eigenvalue weighted by atomic mass is 32.2. The van der Waals surface area contributed by atoms with Crippen molar-refractivity contribution < 1.29 is 18.0 Å². The van der Waals surface area contributed by atoms with Crippen LogP contribution in [0.4, 0.5) is 28.8 Å². The van der Waals surface area contributed by atoms with Crippen molar-refractivity contribution in [3.05, 3.63) is 34.8 Å². The van der Waals surface area contributed by atoms with E-state index < -0.39 is 17.8 Å². The first-order valence-corrected chi connectivity index (χ1v) is 10.0. The summed E-state index contributed by atoms with van der Waals surface area (Å²) in [4.78, 5) is 11.9. The number of nitrogens with one attached hydrogen (secondary N) is 2. The minimum Gasteiger partial charge on any atom is -0.308 e. The van der Waals surface area contributed by atoms with Crippen LogP contribution in [-0.4, -0.2) is 27.7 Å². The lowest BCUT2D eigenvalue weighted by Gasteiger charge is -2.09. The molecule has 1 heterocycles. The number of urea groups is 1. The first-order chi connectivity index (χ1) is 12.4. The third-order valence-corrected chi connectivity index (χ3v) is 5.15. The van der Waals surface area contributed by atoms with Crippen LogP contribution >= 0.6 is 23.1 Å². The SMILES string of the molecule is CCSCCCCc1nnc(NC(=O)Nc2cccc(C(F)(F)F)c2)s1. The first kappa shape index (κ1) is 20.5. The molecule has 0 fully saturated rings. The summed E-state index contributed by atoms with van der Waals surface area (Å²) in [7, 11) is 0. The highest BCUT2D eigenvalue weighted by molar-refractivity contribution is 7.99. The summed E-state index contributed by atoms with van der Waals surface area (Å²) >= 11 is 3.15. The molecule has 1 aromatic heterocycles. The van der Waals surface area contributed by atoms with E-state index >= 15 is 0 Å². The number of benzene rings is 1. The van der Waals surface area contributed by atoms with Crippen molar-refractivity contribution >= 4 is 39.9 Å². The molecule has 0 radical (unpaired) electrons. The smallest absolute Gasteiger partial charge is 0.308 e. The Morgan fingerprint density at radius 3 is 2.77 bits per heavy atom. The molecule has 2 aromatic rings. The van der Waals surface area contributed by atoms with Gasteiger partial charge in [-0.15, -0.1) is 10.2 Å². The van der Waals surface area contributed by atoms with E-state index in [-0.39, 0.29) is 5.69 Å². The van der Waals surface area contributed by atoms with E-state index in [0.717, 1.165) is 47.9 Å². The summed E-state index contributed by atoms with van der Waals surface area (Å²) in [6.45, 7) is 2.12. The molecule has 0 unspecified atom stereocenters. The van der Waals surface area contributed by atoms with Crippen LogP contribution in [0.3, 0.4) is 0 Å². The number of thioether (sulfide) groups is 1. The number of carbonyl (C=O) groups excluding carboxylic acids is 1. The number of halogens is 3. The Labute approximate surface area is 157 Å². The van der Waals surface area contributed by atoms with Gasteiger partial charge in [0, 0.05) is 12.1 Å². The molecule has 26 heavy (non-hydrogen) atoms. The van der Waals surface area contributed by atoms with Gasteiger partial charge < -0.3 is 5.32 Å². The second kappa shape index (κ2) is 9.77. The summed E-state index contributed by atoms with van der Waals surface area (Å²) < 4.78 is 38.0. The lowest BCUT2D eigenvalue weighted by molar-refractivity contribution is -0.137. The number of hydrogen-bond acceptors (Lipinski definition) is 5. The normalized spacial score (nSPS) is 11.4. The van der Waals surface area contributed by atoms with E-state index in [1.54, 1.807) is 0 Å². The predicted molar refractivity (Wildman–Crippen MR) is 99.9 cm³/mol. The molecular formula is C16H19F3N4OS2. The van der Waals surface area contributed by atoms with E-state index in [9.17, 15) is 18.0 Å². The van der Waals surface area contributed by atoms with Crippen molar-refractivity contribution in [2.75, 3.05) is 22.1 Å². The molecule has 1 aromatic carbocycles. The molecule has 142 valence electrons. The number of unbranched alkanes of at least 4 members (excludes halogenated alkanes) is 1. The number of anilines is 2. The average molecular weight is 404 g/mol. The van der Waals surface area contributed by atoms with Gasteiger partial charge in [0.25, 0.3) is 0 Å². The highest BCUT2D eigenvalue weighted by Gasteiger charge is 2.30. The summed E-state index contributed by atoms with van der Waals surface area (Å²) in [5.74, 6) is 2.22. The van der Waals surface area contributed by atoms with Crippen molar-refractivity contribution in [3.8, 4) is 0 Å². The number of alkyl halides is 3. The van der Waals surface area contributed by atoms with E-state index in [1.165, 1.54) is 23.5 Å². The fourth-order valence-electron chi connectivity index (χ4n) is 2.06. The zero-order valence-electron chi connectivity index (χ0n) is 14.1. The molecular weight excluding hydrogens is 385 g/mol. The van der Waals surface area contributed by atoms with Gasteiger partial charge >= 0.3 is 12.2 Å². The molecule has 0 aliphatic heterocycles. The van der Waals surface area contributed by atoms with Crippen molar-refractivity contribution in [2.45, 2.75) is 32.4 Å². The van der Waals surface area contributed by atoms with Crippen molar-refractivity contribution in [3.63, 3.8) is 0 Å². The topological polar surface area (TPSA) is 66.9 Å². The maximum absolute atomic E-state index is 12.7. The van der Waals surface area contributed by atoms with Crippen LogP contribution in [0.15, 0.2) is 24.3 Å². The van der Waals surface area contributed by atoms with Crippen molar-refractivity contribution in [1.29, 1.82) is 0 Å². The summed E-state index contributed by atoms with van der Waals surface area (Å²) in [5.41, 5.74) is -0.773. The Kier molecular flexibility index (Phi) is 7.70. The zero-order valence-corrected chi connectivity index (χ0v) is 15.7. The lowest BCUT2D eigenvalue weighted by Crippen LogP contribution is -2.19. The number of rotatable bonds is 8. The largest absolute Gasteiger partial charge is 0.416 e. The molecule has 2 amide bonds. The Bertz CT molecular complexity index is 722. The number of amides is 2. The molecule has 5 nitrogen and oxygen atoms in total. The van der Waals surface area contributed by atoms with Gasteiger partial charge in [-0.3, -0.25) is 5.32 Å². The minimum absolute atomic E-state index is 0.0514. The molecule has 0 atom stereocenters. The molecule has 0 saturated heterocycles. The summed E-state index contributed by atoms with van der Waals surface area (Å²) in [6.07, 6.45) is -1.58. The lowest BCUT2D eigenvalue weighted by atomic mass is 10.2. The van der Waals surface area contributed by atoms with Gasteiger partial charge in [-0.2, -0.15) is 24.9 Å². The van der Waals surface area contributed by atoms with E-state index in [4.69, 9.17) is 0 Å². The van der Waals surface area contributed by atoms with Gasteiger partial charge in [0.1, 0.15) is 5.01 Å². The van der Waals surface area contributed by atoms with Crippen LogP contribution in [0.5, 0.6) is 0 Å². The monoisotopic (exact) mass is 404 g/mol. The quantitative estimate of drug-likeness (QED) is 0.588. The summed E-state index contributed by atoms with van der Waals surface area (Å²) in [6, 6.07) is 3.78. The standard InChI is InChI=1S/C16H19F3N4OS2/c1-2-25-9-4-3-8-13-22-23-15(26-13)21-14(24)20-12-7-5-6-11(10-12)16(17,18)19/h5-7,10H,2-4,8-9H2,1H3,(H2,20,21,23,24). The molecule has 2 N–H and O–H groups in total. The number of aromatic nitrogens is 2. The van der Waals surface area contributed by atoms with Gasteiger partial charge in [0.15, 0.2) is 0 Å². The summed E-state index contributed by atoms with van der Waals surface area (Å²) in [5, 5.41) is 13.9. The molecule has 10 heteroatoms. The van der Waals surface area contributed by atoms with Crippen LogP contribution in [0, 0.1) is 0 Å². The highest BCUT2D eigenvalue weighted by Crippen LogP contribution is 2.30. The van der Waals surface area contributed by atoms with Gasteiger partial charge in [0.2, 0.25) is 5.13 Å². The molecule has 0 bridgehead atoms. The molecule has 0 aliphatic carbocycles. The first-order valence-electron chi connectivity index (χ1n) is 8.04. The maximum atomic E-state index is 12.7. The third-order valence-electron chi connectivity index (χ3n) is 3.27. The molecule has 0 saturated carbocycles. The van der Waals surface area contributed by atoms with Crippen LogP contribution in [-0.2, 0) is 12.6 Å². The number of carbonyl (C=O) groups is 1. The van der Waals surface area contributed by atoms with Crippen molar-refractivity contribution in [2.24, 2.45) is 0 Å². The van der Waals surface area contributed by atoms with E-state index in [1.807, 2.05) is 11.8 Å². The third kappa shape index (κ3) is 6.83. The predicted octanol–water partition coefficient (Wildman–Crippen LogP) is 5.28. The Morgan fingerprint density at radius 2 is 2.04 bits per heavy atom. The maximum Gasteiger partial charge on any atom is 0.416 e. The fraction of sp³-hybridized carbons (Fsp3) is 0.438. The Balaban J connectivity index is 1.83. The second-order valence-electron chi connectivity index (χ2n) is 5.31. The Hall–Kier alpha value is -1.81. The second-order valence-corrected chi connectivity index (χ2v) is 7.77. The van der Waals surface area contributed by atoms with Gasteiger partial charge in [-0.05, 0) is 42.5 Å². The van der Waals surface area contributed by atoms with Crippen LogP contribution in [0.2, 0.25) is 0 Å². The van der Waals surface area contributed by atoms with Gasteiger partial charge in [0.05, 0.1) is 5.56 Å². The van der Waals surface area contributed by atoms with Gasteiger partial charge in [-0.1, -0.05) is 24.3 Å². The molecule has 2 rings (SSSR count). The zero-order chi connectivity index (χ0) is 19.0. The number of hydrogen-bond donors (Lipinski definition) is 2. The van der Waals surface area contributed by atoms with Crippen LogP contribution in [0.1, 0.15) is 30.3 Å². The van der Waals surface area contributed by atoms with Crippen LogP contribution < -0.4 is 10.6 Å². The number of aryl methyl sites for hydroxylation is 1. The minimum atomic E-state index is -4.46. The van der Waals surface area contributed by atoms with Gasteiger partial charge in [-0.25, -0.2) is 4.79 Å². The molecule has 0 aliphatic rings. The Morgan fingerprint density at radius 1 is 1.23 bits per heavy atom. The average Bonchev–Trinajstić information content (AvgIpc) is 3.01. The van der Waals surface area contributed by atoms with Crippen molar-refractivity contribution in [1.82, 2.24) is 10.2 Å². The number of nitrogens with zero attached hydrogens (tertiary/aromatic N) is 2.